The number of anilines is 2. The Kier molecular flexibility index (Phi) is 5.67. The highest BCUT2D eigenvalue weighted by molar-refractivity contribution is 6.32. The summed E-state index contributed by atoms with van der Waals surface area (Å²) < 4.78 is 39.1. The Morgan fingerprint density at radius 2 is 2.10 bits per heavy atom. The Morgan fingerprint density at radius 1 is 1.32 bits per heavy atom. The molecule has 2 atom stereocenters. The van der Waals surface area contributed by atoms with Crippen molar-refractivity contribution in [3.05, 3.63) is 34.9 Å². The molecular weight excluding hydrogens is 433 g/mol. The molecule has 0 aliphatic carbocycles. The van der Waals surface area contributed by atoms with E-state index in [1.54, 1.807) is 24.3 Å². The van der Waals surface area contributed by atoms with Crippen molar-refractivity contribution in [2.75, 3.05) is 5.32 Å². The lowest BCUT2D eigenvalue weighted by atomic mass is 9.96. The lowest BCUT2D eigenvalue weighted by Gasteiger charge is -2.34. The van der Waals surface area contributed by atoms with Crippen molar-refractivity contribution in [1.29, 1.82) is 0 Å². The standard InChI is InChI=1S/C20H22ClF3N6O/c1-11-9-25-19(27-15-10-26-29(2)18(15)21)28-17(11)12-7-13-3-4-14(8-12)30(13)16(31)5-6-20(22,23)24/h7,9-10,13-14H,3-6,8H2,1-2H3,(H,25,27,28). The Balaban J connectivity index is 1.54. The summed E-state index contributed by atoms with van der Waals surface area (Å²) in [5.74, 6) is -0.0689. The molecule has 2 aliphatic heterocycles. The average Bonchev–Trinajstić information content (AvgIpc) is 3.16. The quantitative estimate of drug-likeness (QED) is 0.724. The van der Waals surface area contributed by atoms with Crippen molar-refractivity contribution in [2.24, 2.45) is 7.05 Å². The first-order valence-electron chi connectivity index (χ1n) is 9.99. The minimum atomic E-state index is -4.33. The van der Waals surface area contributed by atoms with Crippen LogP contribution in [-0.4, -0.2) is 48.8 Å². The SMILES string of the molecule is Cc1cnc(Nc2cnn(C)c2Cl)nc1C1=CC2CCC(C1)N2C(=O)CCC(F)(F)F. The third-order valence-corrected chi connectivity index (χ3v) is 6.14. The molecule has 166 valence electrons. The molecule has 0 radical (unpaired) electrons. The van der Waals surface area contributed by atoms with E-state index >= 15 is 0 Å². The number of nitrogens with one attached hydrogen (secondary N) is 1. The highest BCUT2D eigenvalue weighted by Gasteiger charge is 2.41. The fourth-order valence-electron chi connectivity index (χ4n) is 4.23. The molecule has 31 heavy (non-hydrogen) atoms. The van der Waals surface area contributed by atoms with E-state index in [1.807, 2.05) is 13.0 Å². The van der Waals surface area contributed by atoms with Crippen LogP contribution < -0.4 is 5.32 Å². The number of carbonyl (C=O) groups is 1. The molecule has 1 saturated heterocycles. The number of hydrogen-bond acceptors (Lipinski definition) is 5. The Labute approximate surface area is 182 Å². The maximum atomic E-state index is 12.5. The Hall–Kier alpha value is -2.62. The van der Waals surface area contributed by atoms with Crippen LogP contribution in [0.4, 0.5) is 24.8 Å². The van der Waals surface area contributed by atoms with Gasteiger partial charge in [0.1, 0.15) is 5.15 Å². The van der Waals surface area contributed by atoms with E-state index in [0.717, 1.165) is 29.7 Å². The lowest BCUT2D eigenvalue weighted by molar-refractivity contribution is -0.150. The van der Waals surface area contributed by atoms with Gasteiger partial charge in [-0.1, -0.05) is 17.7 Å². The van der Waals surface area contributed by atoms with Gasteiger partial charge < -0.3 is 10.2 Å². The van der Waals surface area contributed by atoms with E-state index in [4.69, 9.17) is 11.6 Å². The van der Waals surface area contributed by atoms with Gasteiger partial charge in [-0.2, -0.15) is 18.3 Å². The van der Waals surface area contributed by atoms with E-state index < -0.39 is 24.9 Å². The predicted octanol–water partition coefficient (Wildman–Crippen LogP) is 4.40. The predicted molar refractivity (Wildman–Crippen MR) is 110 cm³/mol. The van der Waals surface area contributed by atoms with Crippen LogP contribution in [0.5, 0.6) is 0 Å². The molecule has 2 unspecified atom stereocenters. The molecule has 1 amide bonds. The summed E-state index contributed by atoms with van der Waals surface area (Å²) in [5.41, 5.74) is 3.20. The molecule has 4 rings (SSSR count). The lowest BCUT2D eigenvalue weighted by Crippen LogP contribution is -2.43. The maximum Gasteiger partial charge on any atom is 0.389 e. The Bertz CT molecular complexity index is 1030. The number of fused-ring (bicyclic) bond motifs is 2. The summed E-state index contributed by atoms with van der Waals surface area (Å²) in [7, 11) is 1.72. The highest BCUT2D eigenvalue weighted by atomic mass is 35.5. The van der Waals surface area contributed by atoms with Crippen LogP contribution in [0.2, 0.25) is 5.15 Å². The monoisotopic (exact) mass is 454 g/mol. The minimum absolute atomic E-state index is 0.107. The van der Waals surface area contributed by atoms with Gasteiger partial charge in [0.15, 0.2) is 0 Å². The van der Waals surface area contributed by atoms with Gasteiger partial charge in [-0.25, -0.2) is 9.97 Å². The number of aryl methyl sites for hydroxylation is 2. The van der Waals surface area contributed by atoms with Crippen molar-refractivity contribution in [3.8, 4) is 0 Å². The third-order valence-electron chi connectivity index (χ3n) is 5.69. The summed E-state index contributed by atoms with van der Waals surface area (Å²) in [6.45, 7) is 1.90. The highest BCUT2D eigenvalue weighted by Crippen LogP contribution is 2.40. The van der Waals surface area contributed by atoms with E-state index in [0.29, 0.717) is 23.2 Å². The van der Waals surface area contributed by atoms with E-state index in [2.05, 4.69) is 20.4 Å². The largest absolute Gasteiger partial charge is 0.389 e. The van der Waals surface area contributed by atoms with Gasteiger partial charge in [0.25, 0.3) is 0 Å². The van der Waals surface area contributed by atoms with Gasteiger partial charge in [0, 0.05) is 25.7 Å². The van der Waals surface area contributed by atoms with Crippen LogP contribution in [0.15, 0.2) is 18.5 Å². The molecule has 0 spiro atoms. The molecule has 2 aromatic heterocycles. The van der Waals surface area contributed by atoms with Crippen LogP contribution >= 0.6 is 11.6 Å². The van der Waals surface area contributed by atoms with Crippen molar-refractivity contribution in [1.82, 2.24) is 24.6 Å². The maximum absolute atomic E-state index is 12.5. The summed E-state index contributed by atoms with van der Waals surface area (Å²) in [5, 5.41) is 7.56. The molecule has 1 N–H and O–H groups in total. The molecule has 0 aromatic carbocycles. The van der Waals surface area contributed by atoms with Gasteiger partial charge in [0.2, 0.25) is 11.9 Å². The number of carbonyl (C=O) groups excluding carboxylic acids is 1. The molecule has 0 saturated carbocycles. The fraction of sp³-hybridized carbons (Fsp3) is 0.500. The van der Waals surface area contributed by atoms with Crippen LogP contribution in [0.25, 0.3) is 5.57 Å². The van der Waals surface area contributed by atoms with Gasteiger partial charge in [-0.15, -0.1) is 0 Å². The van der Waals surface area contributed by atoms with Crippen LogP contribution in [0, 0.1) is 6.92 Å². The second-order valence-corrected chi connectivity index (χ2v) is 8.29. The number of aromatic nitrogens is 4. The van der Waals surface area contributed by atoms with Crippen molar-refractivity contribution in [3.63, 3.8) is 0 Å². The van der Waals surface area contributed by atoms with E-state index in [-0.39, 0.29) is 12.1 Å². The number of halogens is 4. The van der Waals surface area contributed by atoms with Crippen LogP contribution in [0.1, 0.15) is 43.4 Å². The smallest absolute Gasteiger partial charge is 0.333 e. The van der Waals surface area contributed by atoms with Crippen molar-refractivity contribution in [2.45, 2.75) is 57.3 Å². The summed E-state index contributed by atoms with van der Waals surface area (Å²) in [6.07, 6.45) is 1.39. The minimum Gasteiger partial charge on any atom is -0.333 e. The number of rotatable bonds is 5. The van der Waals surface area contributed by atoms with Gasteiger partial charge in [0.05, 0.1) is 30.0 Å². The van der Waals surface area contributed by atoms with Crippen LogP contribution in [0.3, 0.4) is 0 Å². The van der Waals surface area contributed by atoms with Crippen molar-refractivity contribution >= 4 is 34.7 Å². The van der Waals surface area contributed by atoms with Gasteiger partial charge >= 0.3 is 6.18 Å². The zero-order chi connectivity index (χ0) is 22.3. The molecule has 1 fully saturated rings. The fourth-order valence-corrected chi connectivity index (χ4v) is 4.37. The first kappa shape index (κ1) is 21.6. The average molecular weight is 455 g/mol. The molecule has 2 aliphatic rings. The normalized spacial score (nSPS) is 20.7. The molecule has 4 heterocycles. The first-order chi connectivity index (χ1) is 14.6. The topological polar surface area (TPSA) is 75.9 Å². The zero-order valence-electron chi connectivity index (χ0n) is 17.1. The van der Waals surface area contributed by atoms with Crippen LogP contribution in [-0.2, 0) is 11.8 Å². The second kappa shape index (κ2) is 8.14. The van der Waals surface area contributed by atoms with Gasteiger partial charge in [-0.05, 0) is 37.3 Å². The number of alkyl halides is 3. The molecule has 2 aromatic rings. The molecule has 7 nitrogen and oxygen atoms in total. The summed E-state index contributed by atoms with van der Waals surface area (Å²) in [6, 6.07) is -0.308. The van der Waals surface area contributed by atoms with E-state index in [1.165, 1.54) is 4.68 Å². The first-order valence-corrected chi connectivity index (χ1v) is 10.4. The number of amides is 1. The second-order valence-electron chi connectivity index (χ2n) is 7.93. The molecular formula is C20H22ClF3N6O. The van der Waals surface area contributed by atoms with Crippen molar-refractivity contribution < 1.29 is 18.0 Å². The summed E-state index contributed by atoms with van der Waals surface area (Å²) >= 11 is 6.19. The number of nitrogens with zero attached hydrogens (tertiary/aromatic N) is 5. The summed E-state index contributed by atoms with van der Waals surface area (Å²) in [4.78, 5) is 23.0. The zero-order valence-corrected chi connectivity index (χ0v) is 17.8. The molecule has 2 bridgehead atoms. The molecule has 11 heteroatoms. The van der Waals surface area contributed by atoms with Gasteiger partial charge in [-0.3, -0.25) is 9.48 Å². The third kappa shape index (κ3) is 4.53. The Morgan fingerprint density at radius 3 is 2.74 bits per heavy atom. The van der Waals surface area contributed by atoms with E-state index in [9.17, 15) is 18.0 Å². The number of hydrogen-bond donors (Lipinski definition) is 1.